The summed E-state index contributed by atoms with van der Waals surface area (Å²) in [5.41, 5.74) is 0. The quantitative estimate of drug-likeness (QED) is 0.534. The third-order valence-electron chi connectivity index (χ3n) is 0.749. The fourth-order valence-electron chi connectivity index (χ4n) is 0.383. The predicted octanol–water partition coefficient (Wildman–Crippen LogP) is 0.675. The Bertz CT molecular complexity index is 142. The van der Waals surface area contributed by atoms with Gasteiger partial charge in [-0.15, -0.1) is 12.4 Å². The second-order valence-electron chi connectivity index (χ2n) is 1.36. The molecule has 1 heterocycles. The van der Waals surface area contributed by atoms with E-state index in [1.165, 1.54) is 22.5 Å². The van der Waals surface area contributed by atoms with Crippen LogP contribution in [0.5, 0.6) is 0 Å². The molecule has 0 atom stereocenters. The van der Waals surface area contributed by atoms with Gasteiger partial charge >= 0.3 is 52.0 Å². The van der Waals surface area contributed by atoms with Crippen molar-refractivity contribution in [3.8, 4) is 0 Å². The number of rotatable bonds is 0. The zero-order valence-corrected chi connectivity index (χ0v) is 8.16. The third kappa shape index (κ3) is 2.39. The van der Waals surface area contributed by atoms with Crippen molar-refractivity contribution in [1.29, 1.82) is 0 Å². The number of halogens is 1. The summed E-state index contributed by atoms with van der Waals surface area (Å²) in [6.07, 6.45) is 3.64. The molecule has 39 valence electrons. The molecule has 0 amide bonds. The predicted molar refractivity (Wildman–Crippen MR) is 31.1 cm³/mol. The Morgan fingerprint density at radius 1 is 1.25 bits per heavy atom. The third-order valence-corrected chi connectivity index (χ3v) is 1.74. The van der Waals surface area contributed by atoms with E-state index in [1.54, 1.807) is 0 Å². The van der Waals surface area contributed by atoms with Crippen molar-refractivity contribution in [2.45, 2.75) is 0 Å². The normalized spacial score (nSPS) is 7.75. The van der Waals surface area contributed by atoms with Crippen molar-refractivity contribution in [3.63, 3.8) is 0 Å². The van der Waals surface area contributed by atoms with E-state index in [1.807, 2.05) is 24.5 Å². The standard InChI is InChI=1S/C5H4N.ClH.Zn/c1-2-4-6-5-3-1;;/h2-5H;1H;. The first kappa shape index (κ1) is 8.06. The van der Waals surface area contributed by atoms with Crippen LogP contribution in [0.4, 0.5) is 0 Å². The average Bonchev–Trinajstić information content (AvgIpc) is 1.69. The summed E-state index contributed by atoms with van der Waals surface area (Å²) in [4.78, 5) is 3.87. The molecule has 0 saturated carbocycles. The van der Waals surface area contributed by atoms with Gasteiger partial charge in [-0.3, -0.25) is 0 Å². The summed E-state index contributed by atoms with van der Waals surface area (Å²) >= 11 is 1.22. The molecule has 0 saturated heterocycles. The zero-order valence-electron chi connectivity index (χ0n) is 4.37. The van der Waals surface area contributed by atoms with E-state index in [4.69, 9.17) is 0 Å². The van der Waals surface area contributed by atoms with Gasteiger partial charge in [-0.2, -0.15) is 0 Å². The Labute approximate surface area is 64.6 Å². The second-order valence-corrected chi connectivity index (χ2v) is 3.07. The van der Waals surface area contributed by atoms with Crippen LogP contribution in [0.3, 0.4) is 0 Å². The van der Waals surface area contributed by atoms with Gasteiger partial charge in [0.25, 0.3) is 0 Å². The van der Waals surface area contributed by atoms with Gasteiger partial charge in [0, 0.05) is 0 Å². The average molecular weight is 180 g/mol. The van der Waals surface area contributed by atoms with Crippen LogP contribution in [0.25, 0.3) is 0 Å². The summed E-state index contributed by atoms with van der Waals surface area (Å²) in [7, 11) is 0. The van der Waals surface area contributed by atoms with E-state index in [0.29, 0.717) is 0 Å². The van der Waals surface area contributed by atoms with Crippen LogP contribution in [0.1, 0.15) is 0 Å². The topological polar surface area (TPSA) is 12.9 Å². The first-order chi connectivity index (χ1) is 3.39. The Hall–Kier alpha value is 0.0634. The molecular formula is C5H5ClNZn. The molecule has 0 aliphatic carbocycles. The Morgan fingerprint density at radius 3 is 2.00 bits per heavy atom. The van der Waals surface area contributed by atoms with Gasteiger partial charge in [0.2, 0.25) is 0 Å². The molecule has 0 spiro atoms. The summed E-state index contributed by atoms with van der Waals surface area (Å²) in [5, 5.41) is 0. The van der Waals surface area contributed by atoms with E-state index in [-0.39, 0.29) is 12.4 Å². The van der Waals surface area contributed by atoms with Crippen molar-refractivity contribution >= 4 is 16.6 Å². The second kappa shape index (κ2) is 3.99. The molecule has 1 aromatic heterocycles. The van der Waals surface area contributed by atoms with Gasteiger partial charge < -0.3 is 0 Å². The summed E-state index contributed by atoms with van der Waals surface area (Å²) < 4.78 is 1.38. The number of aromatic nitrogens is 1. The van der Waals surface area contributed by atoms with E-state index >= 15 is 0 Å². The molecule has 0 unspecified atom stereocenters. The first-order valence-electron chi connectivity index (χ1n) is 2.11. The Kier molecular flexibility index (Phi) is 4.03. The molecule has 8 heavy (non-hydrogen) atoms. The van der Waals surface area contributed by atoms with Crippen LogP contribution in [0, 0.1) is 0 Å². The molecule has 0 radical (unpaired) electrons. The van der Waals surface area contributed by atoms with Gasteiger partial charge in [-0.05, 0) is 0 Å². The first-order valence-corrected chi connectivity index (χ1v) is 3.60. The van der Waals surface area contributed by atoms with Crippen LogP contribution in [-0.4, -0.2) is 4.98 Å². The van der Waals surface area contributed by atoms with Crippen LogP contribution >= 0.6 is 12.4 Å². The number of pyridine rings is 1. The summed E-state index contributed by atoms with van der Waals surface area (Å²) in [5.74, 6) is 0. The van der Waals surface area contributed by atoms with Crippen molar-refractivity contribution < 1.29 is 18.3 Å². The molecular weight excluding hydrogens is 175 g/mol. The van der Waals surface area contributed by atoms with Crippen molar-refractivity contribution in [3.05, 3.63) is 24.5 Å². The van der Waals surface area contributed by atoms with Crippen LogP contribution < -0.4 is 4.16 Å². The van der Waals surface area contributed by atoms with Crippen LogP contribution in [0.15, 0.2) is 24.5 Å². The van der Waals surface area contributed by atoms with Gasteiger partial charge in [-0.25, -0.2) is 0 Å². The summed E-state index contributed by atoms with van der Waals surface area (Å²) in [6, 6.07) is 4.06. The fraction of sp³-hybridized carbons (Fsp3) is 0. The van der Waals surface area contributed by atoms with Crippen LogP contribution in [0.2, 0.25) is 0 Å². The molecule has 0 N–H and O–H groups in total. The van der Waals surface area contributed by atoms with E-state index in [0.717, 1.165) is 0 Å². The van der Waals surface area contributed by atoms with Gasteiger partial charge in [0.05, 0.1) is 0 Å². The number of nitrogens with zero attached hydrogens (tertiary/aromatic N) is 1. The van der Waals surface area contributed by atoms with Gasteiger partial charge in [0.1, 0.15) is 0 Å². The monoisotopic (exact) mass is 178 g/mol. The molecule has 0 bridgehead atoms. The van der Waals surface area contributed by atoms with Gasteiger partial charge in [-0.1, -0.05) is 0 Å². The zero-order chi connectivity index (χ0) is 5.11. The minimum atomic E-state index is 0. The maximum atomic E-state index is 3.87. The van der Waals surface area contributed by atoms with Gasteiger partial charge in [0.15, 0.2) is 0 Å². The molecule has 0 fully saturated rings. The van der Waals surface area contributed by atoms with Crippen LogP contribution in [-0.2, 0) is 18.3 Å². The molecule has 1 nitrogen and oxygen atoms in total. The maximum absolute atomic E-state index is 3.87. The molecule has 0 aliphatic heterocycles. The molecule has 3 heteroatoms. The summed E-state index contributed by atoms with van der Waals surface area (Å²) in [6.45, 7) is 0. The number of hydrogen-bond acceptors (Lipinski definition) is 1. The van der Waals surface area contributed by atoms with Crippen molar-refractivity contribution in [2.75, 3.05) is 0 Å². The molecule has 1 rings (SSSR count). The molecule has 0 aromatic carbocycles. The van der Waals surface area contributed by atoms with E-state index in [2.05, 4.69) is 4.98 Å². The number of hydrogen-bond donors (Lipinski definition) is 0. The van der Waals surface area contributed by atoms with E-state index < -0.39 is 0 Å². The minimum absolute atomic E-state index is 0. The van der Waals surface area contributed by atoms with Crippen molar-refractivity contribution in [1.82, 2.24) is 4.98 Å². The Balaban J connectivity index is 0.000000490. The molecule has 0 aliphatic rings. The SMILES string of the molecule is Cl.[Zn][c]1ccncc1. The van der Waals surface area contributed by atoms with E-state index in [9.17, 15) is 0 Å². The Morgan fingerprint density at radius 2 is 1.75 bits per heavy atom. The molecule has 1 aromatic rings. The fourth-order valence-corrected chi connectivity index (χ4v) is 0.825. The van der Waals surface area contributed by atoms with Crippen molar-refractivity contribution in [2.24, 2.45) is 0 Å².